The molecule has 0 saturated heterocycles. The molecule has 1 heterocycles. The second-order valence-electron chi connectivity index (χ2n) is 3.90. The Hall–Kier alpha value is -0.890. The van der Waals surface area contributed by atoms with Crippen molar-refractivity contribution in [1.82, 2.24) is 0 Å². The third kappa shape index (κ3) is 3.22. The number of rotatable bonds is 4. The smallest absolute Gasteiger partial charge is 0.335 e. The second kappa shape index (κ2) is 5.85. The molecule has 0 fully saturated rings. The summed E-state index contributed by atoms with van der Waals surface area (Å²) in [6.45, 7) is 0. The monoisotopic (exact) mass is 394 g/mol. The number of sulfone groups is 1. The number of aromatic carboxylic acids is 1. The van der Waals surface area contributed by atoms with Crippen LogP contribution < -0.4 is 0 Å². The number of carbonyl (C=O) groups is 1. The molecule has 0 radical (unpaired) electrons. The van der Waals surface area contributed by atoms with Crippen LogP contribution in [0.15, 0.2) is 39.0 Å². The second-order valence-corrected chi connectivity index (χ2v) is 8.12. The lowest BCUT2D eigenvalue weighted by molar-refractivity contribution is 0.0696. The summed E-state index contributed by atoms with van der Waals surface area (Å²) in [4.78, 5) is 11.4. The average Bonchev–Trinajstić information content (AvgIpc) is 2.74. The summed E-state index contributed by atoms with van der Waals surface area (Å²) in [6.07, 6.45) is 0. The molecule has 1 aromatic heterocycles. The number of thiophene rings is 1. The van der Waals surface area contributed by atoms with Crippen LogP contribution in [0.1, 0.15) is 15.2 Å². The Kier molecular flexibility index (Phi) is 4.53. The summed E-state index contributed by atoms with van der Waals surface area (Å²) in [6, 6.07) is 5.39. The fourth-order valence-corrected chi connectivity index (χ4v) is 5.55. The van der Waals surface area contributed by atoms with Crippen LogP contribution in [-0.4, -0.2) is 19.5 Å². The van der Waals surface area contributed by atoms with Gasteiger partial charge in [0.15, 0.2) is 9.84 Å². The van der Waals surface area contributed by atoms with Crippen LogP contribution in [0, 0.1) is 0 Å². The van der Waals surface area contributed by atoms with E-state index >= 15 is 0 Å². The Bertz CT molecular complexity index is 768. The molecule has 8 heteroatoms. The highest BCUT2D eigenvalue weighted by molar-refractivity contribution is 9.10. The minimum atomic E-state index is -3.71. The molecule has 0 spiro atoms. The van der Waals surface area contributed by atoms with E-state index in [1.54, 1.807) is 11.4 Å². The topological polar surface area (TPSA) is 71.4 Å². The molecule has 2 aromatic rings. The zero-order chi connectivity index (χ0) is 14.9. The maximum atomic E-state index is 12.4. The molecule has 1 aromatic carbocycles. The number of benzene rings is 1. The van der Waals surface area contributed by atoms with Gasteiger partial charge in [-0.2, -0.15) is 0 Å². The molecule has 0 atom stereocenters. The molecule has 106 valence electrons. The summed E-state index contributed by atoms with van der Waals surface area (Å²) >= 11 is 10.5. The maximum absolute atomic E-state index is 12.4. The molecule has 1 N–H and O–H groups in total. The lowest BCUT2D eigenvalue weighted by Crippen LogP contribution is -2.07. The van der Waals surface area contributed by atoms with E-state index in [9.17, 15) is 13.2 Å². The van der Waals surface area contributed by atoms with E-state index in [1.165, 1.54) is 23.5 Å². The van der Waals surface area contributed by atoms with Gasteiger partial charge in [0, 0.05) is 9.35 Å². The van der Waals surface area contributed by atoms with Gasteiger partial charge in [-0.25, -0.2) is 13.2 Å². The van der Waals surface area contributed by atoms with Crippen molar-refractivity contribution in [1.29, 1.82) is 0 Å². The van der Waals surface area contributed by atoms with Gasteiger partial charge < -0.3 is 5.11 Å². The van der Waals surface area contributed by atoms with E-state index in [1.807, 2.05) is 0 Å². The molecule has 0 aliphatic rings. The van der Waals surface area contributed by atoms with Crippen LogP contribution in [-0.2, 0) is 15.6 Å². The maximum Gasteiger partial charge on any atom is 0.335 e. The highest BCUT2D eigenvalue weighted by Crippen LogP contribution is 2.30. The summed E-state index contributed by atoms with van der Waals surface area (Å²) in [5.74, 6) is -1.43. The zero-order valence-corrected chi connectivity index (χ0v) is 13.8. The molecule has 0 amide bonds. The van der Waals surface area contributed by atoms with Crippen LogP contribution in [0.5, 0.6) is 0 Å². The van der Waals surface area contributed by atoms with Crippen molar-refractivity contribution in [3.8, 4) is 0 Å². The van der Waals surface area contributed by atoms with Crippen LogP contribution in [0.2, 0.25) is 5.02 Å². The van der Waals surface area contributed by atoms with Crippen molar-refractivity contribution in [2.45, 2.75) is 10.6 Å². The average molecular weight is 396 g/mol. The first-order valence-corrected chi connectivity index (χ1v) is 8.99. The zero-order valence-electron chi connectivity index (χ0n) is 9.84. The van der Waals surface area contributed by atoms with Gasteiger partial charge in [-0.05, 0) is 45.6 Å². The molecular formula is C12H8BrClO4S2. The molecule has 4 nitrogen and oxygen atoms in total. The van der Waals surface area contributed by atoms with Gasteiger partial charge in [0.25, 0.3) is 0 Å². The highest BCUT2D eigenvalue weighted by atomic mass is 79.9. The van der Waals surface area contributed by atoms with E-state index in [0.29, 0.717) is 9.35 Å². The first-order chi connectivity index (χ1) is 9.31. The first-order valence-electron chi connectivity index (χ1n) is 5.29. The van der Waals surface area contributed by atoms with E-state index in [4.69, 9.17) is 16.7 Å². The molecule has 0 unspecified atom stereocenters. The van der Waals surface area contributed by atoms with E-state index < -0.39 is 15.8 Å². The molecule has 0 aliphatic carbocycles. The number of hydrogen-bond donors (Lipinski definition) is 1. The minimum absolute atomic E-state index is 0.0164. The van der Waals surface area contributed by atoms with E-state index in [2.05, 4.69) is 15.9 Å². The minimum Gasteiger partial charge on any atom is -0.478 e. The molecule has 0 aliphatic heterocycles. The van der Waals surface area contributed by atoms with E-state index in [-0.39, 0.29) is 21.2 Å². The van der Waals surface area contributed by atoms with Gasteiger partial charge in [0.2, 0.25) is 0 Å². The van der Waals surface area contributed by atoms with Crippen molar-refractivity contribution >= 4 is 54.7 Å². The number of hydrogen-bond acceptors (Lipinski definition) is 4. The fraction of sp³-hybridized carbons (Fsp3) is 0.0833. The molecule has 0 bridgehead atoms. The summed E-state index contributed by atoms with van der Waals surface area (Å²) in [5.41, 5.74) is -0.113. The number of carboxylic acids is 1. The van der Waals surface area contributed by atoms with Gasteiger partial charge in [-0.3, -0.25) is 0 Å². The lowest BCUT2D eigenvalue weighted by atomic mass is 10.2. The molecular weight excluding hydrogens is 388 g/mol. The van der Waals surface area contributed by atoms with Crippen LogP contribution in [0.3, 0.4) is 0 Å². The van der Waals surface area contributed by atoms with Crippen molar-refractivity contribution in [3.63, 3.8) is 0 Å². The summed E-state index contributed by atoms with van der Waals surface area (Å²) in [5, 5.41) is 10.7. The van der Waals surface area contributed by atoms with Crippen molar-refractivity contribution in [2.75, 3.05) is 0 Å². The first kappa shape index (κ1) is 15.5. The molecule has 0 saturated carbocycles. The Morgan fingerprint density at radius 1 is 1.35 bits per heavy atom. The van der Waals surface area contributed by atoms with Crippen molar-refractivity contribution < 1.29 is 18.3 Å². The molecule has 20 heavy (non-hydrogen) atoms. The van der Waals surface area contributed by atoms with Gasteiger partial charge in [-0.15, -0.1) is 11.3 Å². The van der Waals surface area contributed by atoms with Crippen LogP contribution >= 0.6 is 38.9 Å². The Labute approximate surface area is 133 Å². The number of carboxylic acid groups (broad SMARTS) is 1. The van der Waals surface area contributed by atoms with Gasteiger partial charge in [-0.1, -0.05) is 11.6 Å². The normalized spacial score (nSPS) is 11.5. The van der Waals surface area contributed by atoms with E-state index in [0.717, 1.165) is 6.07 Å². The predicted molar refractivity (Wildman–Crippen MR) is 81.3 cm³/mol. The summed E-state index contributed by atoms with van der Waals surface area (Å²) < 4.78 is 25.4. The number of halogens is 2. The lowest BCUT2D eigenvalue weighted by Gasteiger charge is -2.07. The van der Waals surface area contributed by atoms with Crippen molar-refractivity contribution in [2.24, 2.45) is 0 Å². The fourth-order valence-electron chi connectivity index (χ4n) is 1.55. The third-order valence-electron chi connectivity index (χ3n) is 2.53. The Balaban J connectivity index is 2.46. The van der Waals surface area contributed by atoms with Gasteiger partial charge in [0.05, 0.1) is 21.2 Å². The molecule has 2 rings (SSSR count). The Morgan fingerprint density at radius 3 is 2.60 bits per heavy atom. The highest BCUT2D eigenvalue weighted by Gasteiger charge is 2.22. The van der Waals surface area contributed by atoms with Gasteiger partial charge in [0.1, 0.15) is 0 Å². The predicted octanol–water partition coefficient (Wildman–Crippen LogP) is 3.84. The third-order valence-corrected chi connectivity index (χ3v) is 6.75. The largest absolute Gasteiger partial charge is 0.478 e. The quantitative estimate of drug-likeness (QED) is 0.854. The Morgan fingerprint density at radius 2 is 2.05 bits per heavy atom. The summed E-state index contributed by atoms with van der Waals surface area (Å²) in [7, 11) is -3.71. The SMILES string of the molecule is O=C(O)c1ccc(Cl)c(S(=O)(=O)Cc2sccc2Br)c1. The van der Waals surface area contributed by atoms with Crippen molar-refractivity contribution in [3.05, 3.63) is 49.6 Å². The van der Waals surface area contributed by atoms with Crippen LogP contribution in [0.25, 0.3) is 0 Å². The standard InChI is InChI=1S/C12H8BrClO4S2/c13-8-3-4-19-10(8)6-20(17,18)11-5-7(12(15)16)1-2-9(11)14/h1-5H,6H2,(H,15,16). The van der Waals surface area contributed by atoms with Crippen LogP contribution in [0.4, 0.5) is 0 Å². The van der Waals surface area contributed by atoms with Gasteiger partial charge >= 0.3 is 5.97 Å².